The summed E-state index contributed by atoms with van der Waals surface area (Å²) >= 11 is 1.90. The summed E-state index contributed by atoms with van der Waals surface area (Å²) < 4.78 is 5.47. The van der Waals surface area contributed by atoms with Crippen LogP contribution in [0.2, 0.25) is 0 Å². The Kier molecular flexibility index (Phi) is 4.69. The van der Waals surface area contributed by atoms with Crippen LogP contribution in [0.3, 0.4) is 0 Å². The number of benzene rings is 1. The highest BCUT2D eigenvalue weighted by Crippen LogP contribution is 2.23. The van der Waals surface area contributed by atoms with Crippen molar-refractivity contribution in [3.63, 3.8) is 0 Å². The lowest BCUT2D eigenvalue weighted by Crippen LogP contribution is -2.38. The molecule has 2 atom stereocenters. The zero-order chi connectivity index (χ0) is 11.2. The van der Waals surface area contributed by atoms with Crippen LogP contribution < -0.4 is 5.73 Å². The molecule has 0 radical (unpaired) electrons. The molecule has 0 spiro atoms. The molecule has 2 N–H and O–H groups in total. The number of ether oxygens (including phenoxy) is 1. The second-order valence-electron chi connectivity index (χ2n) is 4.24. The first-order valence-corrected chi connectivity index (χ1v) is 6.86. The molecule has 16 heavy (non-hydrogen) atoms. The van der Waals surface area contributed by atoms with E-state index in [2.05, 4.69) is 30.3 Å². The van der Waals surface area contributed by atoms with Gasteiger partial charge in [-0.25, -0.2) is 0 Å². The van der Waals surface area contributed by atoms with Crippen LogP contribution >= 0.6 is 11.8 Å². The second-order valence-corrected chi connectivity index (χ2v) is 5.41. The predicted molar refractivity (Wildman–Crippen MR) is 68.7 cm³/mol. The van der Waals surface area contributed by atoms with Gasteiger partial charge in [0.25, 0.3) is 0 Å². The Morgan fingerprint density at radius 2 is 2.12 bits per heavy atom. The molecule has 1 aliphatic rings. The van der Waals surface area contributed by atoms with E-state index in [0.29, 0.717) is 12.0 Å². The van der Waals surface area contributed by atoms with Gasteiger partial charge in [0.05, 0.1) is 6.61 Å². The molecule has 0 amide bonds. The summed E-state index contributed by atoms with van der Waals surface area (Å²) in [5.41, 5.74) is 6.07. The Balaban J connectivity index is 1.71. The fourth-order valence-corrected chi connectivity index (χ4v) is 2.96. The first kappa shape index (κ1) is 12.0. The van der Waals surface area contributed by atoms with Crippen LogP contribution in [0, 0.1) is 5.92 Å². The Labute approximate surface area is 102 Å². The Hall–Kier alpha value is -0.510. The molecule has 88 valence electrons. The van der Waals surface area contributed by atoms with Gasteiger partial charge in [0.1, 0.15) is 0 Å². The summed E-state index contributed by atoms with van der Waals surface area (Å²) in [6.07, 6.45) is 2.17. The highest BCUT2D eigenvalue weighted by atomic mass is 32.2. The Morgan fingerprint density at radius 3 is 2.88 bits per heavy atom. The third-order valence-corrected chi connectivity index (χ3v) is 4.08. The SMILES string of the molecule is NC1CCOCC1CCSc1ccccc1. The van der Waals surface area contributed by atoms with E-state index in [1.165, 1.54) is 4.90 Å². The van der Waals surface area contributed by atoms with Crippen molar-refractivity contribution in [3.05, 3.63) is 30.3 Å². The minimum atomic E-state index is 0.338. The quantitative estimate of drug-likeness (QED) is 0.817. The van der Waals surface area contributed by atoms with Gasteiger partial charge in [-0.2, -0.15) is 0 Å². The molecule has 0 aliphatic carbocycles. The molecule has 1 fully saturated rings. The largest absolute Gasteiger partial charge is 0.381 e. The Morgan fingerprint density at radius 1 is 1.31 bits per heavy atom. The van der Waals surface area contributed by atoms with Gasteiger partial charge in [0.2, 0.25) is 0 Å². The van der Waals surface area contributed by atoms with Crippen molar-refractivity contribution in [2.45, 2.75) is 23.8 Å². The molecule has 0 saturated carbocycles. The molecule has 0 aromatic heterocycles. The minimum Gasteiger partial charge on any atom is -0.381 e. The lowest BCUT2D eigenvalue weighted by Gasteiger charge is -2.28. The van der Waals surface area contributed by atoms with E-state index in [9.17, 15) is 0 Å². The lowest BCUT2D eigenvalue weighted by atomic mass is 9.94. The van der Waals surface area contributed by atoms with Crippen LogP contribution in [-0.4, -0.2) is 25.0 Å². The maximum atomic E-state index is 6.07. The molecule has 1 heterocycles. The van der Waals surface area contributed by atoms with Gasteiger partial charge in [-0.1, -0.05) is 18.2 Å². The van der Waals surface area contributed by atoms with Crippen molar-refractivity contribution in [1.29, 1.82) is 0 Å². The summed E-state index contributed by atoms with van der Waals surface area (Å²) in [5, 5.41) is 0. The fourth-order valence-electron chi connectivity index (χ4n) is 1.96. The number of thioether (sulfide) groups is 1. The van der Waals surface area contributed by atoms with Gasteiger partial charge in [0.15, 0.2) is 0 Å². The monoisotopic (exact) mass is 237 g/mol. The molecule has 2 nitrogen and oxygen atoms in total. The van der Waals surface area contributed by atoms with Crippen LogP contribution in [0.1, 0.15) is 12.8 Å². The molecule has 1 saturated heterocycles. The molecule has 0 bridgehead atoms. The van der Waals surface area contributed by atoms with Crippen LogP contribution in [0.25, 0.3) is 0 Å². The summed E-state index contributed by atoms with van der Waals surface area (Å²) in [6.45, 7) is 1.68. The fraction of sp³-hybridized carbons (Fsp3) is 0.538. The third kappa shape index (κ3) is 3.51. The molecule has 1 aromatic carbocycles. The first-order valence-electron chi connectivity index (χ1n) is 5.87. The number of hydrogen-bond acceptors (Lipinski definition) is 3. The van der Waals surface area contributed by atoms with Crippen LogP contribution in [0.5, 0.6) is 0 Å². The average molecular weight is 237 g/mol. The molecular weight excluding hydrogens is 218 g/mol. The smallest absolute Gasteiger partial charge is 0.0509 e. The number of nitrogens with two attached hydrogens (primary N) is 1. The normalized spacial score (nSPS) is 25.6. The minimum absolute atomic E-state index is 0.338. The van der Waals surface area contributed by atoms with Crippen molar-refractivity contribution in [2.24, 2.45) is 11.7 Å². The molecule has 2 rings (SSSR count). The third-order valence-electron chi connectivity index (χ3n) is 3.03. The zero-order valence-corrected chi connectivity index (χ0v) is 10.3. The predicted octanol–water partition coefficient (Wildman–Crippen LogP) is 2.53. The first-order chi connectivity index (χ1) is 7.86. The van der Waals surface area contributed by atoms with Gasteiger partial charge >= 0.3 is 0 Å². The van der Waals surface area contributed by atoms with Crippen molar-refractivity contribution < 1.29 is 4.74 Å². The summed E-state index contributed by atoms with van der Waals surface area (Å²) in [4.78, 5) is 1.34. The highest BCUT2D eigenvalue weighted by Gasteiger charge is 2.21. The van der Waals surface area contributed by atoms with Gasteiger partial charge in [-0.3, -0.25) is 0 Å². The van der Waals surface area contributed by atoms with Crippen molar-refractivity contribution in [2.75, 3.05) is 19.0 Å². The van der Waals surface area contributed by atoms with E-state index in [0.717, 1.165) is 31.8 Å². The molecule has 1 aromatic rings. The average Bonchev–Trinajstić information content (AvgIpc) is 2.33. The van der Waals surface area contributed by atoms with Crippen molar-refractivity contribution in [1.82, 2.24) is 0 Å². The molecular formula is C13H19NOS. The molecule has 2 unspecified atom stereocenters. The van der Waals surface area contributed by atoms with E-state index in [-0.39, 0.29) is 0 Å². The topological polar surface area (TPSA) is 35.2 Å². The van der Waals surface area contributed by atoms with E-state index in [1.54, 1.807) is 0 Å². The molecule has 3 heteroatoms. The summed E-state index contributed by atoms with van der Waals surface area (Å²) in [5.74, 6) is 1.68. The highest BCUT2D eigenvalue weighted by molar-refractivity contribution is 7.99. The maximum absolute atomic E-state index is 6.07. The van der Waals surface area contributed by atoms with E-state index in [4.69, 9.17) is 10.5 Å². The van der Waals surface area contributed by atoms with E-state index in [1.807, 2.05) is 11.8 Å². The van der Waals surface area contributed by atoms with Gasteiger partial charge < -0.3 is 10.5 Å². The maximum Gasteiger partial charge on any atom is 0.0509 e. The Bertz CT molecular complexity index is 304. The van der Waals surface area contributed by atoms with Gasteiger partial charge in [-0.15, -0.1) is 11.8 Å². The van der Waals surface area contributed by atoms with Crippen LogP contribution in [-0.2, 0) is 4.74 Å². The second kappa shape index (κ2) is 6.28. The van der Waals surface area contributed by atoms with Crippen LogP contribution in [0.15, 0.2) is 35.2 Å². The van der Waals surface area contributed by atoms with Crippen LogP contribution in [0.4, 0.5) is 0 Å². The van der Waals surface area contributed by atoms with Gasteiger partial charge in [0, 0.05) is 17.5 Å². The molecule has 1 aliphatic heterocycles. The summed E-state index contributed by atoms with van der Waals surface area (Å²) in [7, 11) is 0. The lowest BCUT2D eigenvalue weighted by molar-refractivity contribution is 0.0411. The van der Waals surface area contributed by atoms with Crippen molar-refractivity contribution in [3.8, 4) is 0 Å². The van der Waals surface area contributed by atoms with E-state index >= 15 is 0 Å². The van der Waals surface area contributed by atoms with E-state index < -0.39 is 0 Å². The number of rotatable bonds is 4. The van der Waals surface area contributed by atoms with Crippen molar-refractivity contribution >= 4 is 11.8 Å². The standard InChI is InChI=1S/C13H19NOS/c14-13-6-8-15-10-11(13)7-9-16-12-4-2-1-3-5-12/h1-5,11,13H,6-10,14H2. The zero-order valence-electron chi connectivity index (χ0n) is 9.47. The summed E-state index contributed by atoms with van der Waals surface area (Å²) in [6, 6.07) is 10.9. The van der Waals surface area contributed by atoms with Gasteiger partial charge in [-0.05, 0) is 36.6 Å². The number of hydrogen-bond donors (Lipinski definition) is 1.